The molecule has 2 nitrogen and oxygen atoms in total. The third kappa shape index (κ3) is 2.50. The third-order valence-electron chi connectivity index (χ3n) is 3.57. The topological polar surface area (TPSA) is 26.0 Å². The Bertz CT molecular complexity index is 755. The number of hydrogen-bond acceptors (Lipinski definition) is 2. The molecule has 0 amide bonds. The molecule has 0 aliphatic rings. The van der Waals surface area contributed by atoms with Crippen LogP contribution >= 0.6 is 0 Å². The number of fused-ring (bicyclic) bond motifs is 1. The summed E-state index contributed by atoms with van der Waals surface area (Å²) in [5.41, 5.74) is 5.59. The molecular weight excluding hydrogens is 246 g/mol. The lowest BCUT2D eigenvalue weighted by Crippen LogP contribution is -1.96. The molecule has 0 N–H and O–H groups in total. The maximum atomic E-state index is 5.33. The van der Waals surface area contributed by atoms with E-state index in [2.05, 4.69) is 42.9 Å². The predicted molar refractivity (Wildman–Crippen MR) is 81.7 cm³/mol. The van der Waals surface area contributed by atoms with Gasteiger partial charge < -0.3 is 4.52 Å². The van der Waals surface area contributed by atoms with Crippen LogP contribution in [0.15, 0.2) is 65.2 Å². The van der Waals surface area contributed by atoms with E-state index in [0.717, 1.165) is 35.1 Å². The molecule has 3 aromatic rings. The zero-order valence-corrected chi connectivity index (χ0v) is 11.6. The summed E-state index contributed by atoms with van der Waals surface area (Å²) >= 11 is 0. The van der Waals surface area contributed by atoms with Crippen LogP contribution in [0.4, 0.5) is 0 Å². The van der Waals surface area contributed by atoms with Crippen molar-refractivity contribution in [2.24, 2.45) is 0 Å². The minimum absolute atomic E-state index is 0.755. The van der Waals surface area contributed by atoms with E-state index in [0.29, 0.717) is 0 Å². The lowest BCUT2D eigenvalue weighted by atomic mass is 9.98. The van der Waals surface area contributed by atoms with Gasteiger partial charge in [-0.15, -0.1) is 0 Å². The van der Waals surface area contributed by atoms with Gasteiger partial charge >= 0.3 is 0 Å². The Morgan fingerprint density at radius 1 is 1.05 bits per heavy atom. The fourth-order valence-corrected chi connectivity index (χ4v) is 2.44. The molecule has 2 heteroatoms. The minimum atomic E-state index is 0.755. The van der Waals surface area contributed by atoms with E-state index in [1.165, 1.54) is 11.1 Å². The van der Waals surface area contributed by atoms with Crippen molar-refractivity contribution in [1.29, 1.82) is 0 Å². The van der Waals surface area contributed by atoms with Gasteiger partial charge in [-0.3, -0.25) is 0 Å². The molecular formula is C18H17NO. The van der Waals surface area contributed by atoms with E-state index < -0.39 is 0 Å². The monoisotopic (exact) mass is 263 g/mol. The van der Waals surface area contributed by atoms with Crippen LogP contribution < -0.4 is 0 Å². The lowest BCUT2D eigenvalue weighted by Gasteiger charge is -2.07. The highest BCUT2D eigenvalue weighted by Crippen LogP contribution is 2.21. The van der Waals surface area contributed by atoms with Crippen molar-refractivity contribution in [3.05, 3.63) is 77.5 Å². The standard InChI is InChI=1S/C18H17NO/c1-13(11-15-8-4-3-7-14(15)2)12-17-16-9-5-6-10-18(16)20-19-17/h3-10H,1,11-12H2,2H3. The summed E-state index contributed by atoms with van der Waals surface area (Å²) in [4.78, 5) is 0. The minimum Gasteiger partial charge on any atom is -0.356 e. The molecule has 20 heavy (non-hydrogen) atoms. The highest BCUT2D eigenvalue weighted by molar-refractivity contribution is 5.79. The second-order valence-electron chi connectivity index (χ2n) is 5.16. The van der Waals surface area contributed by atoms with Crippen molar-refractivity contribution in [2.75, 3.05) is 0 Å². The quantitative estimate of drug-likeness (QED) is 0.649. The Hall–Kier alpha value is -2.35. The molecule has 1 aromatic heterocycles. The number of aromatic nitrogens is 1. The maximum absolute atomic E-state index is 5.33. The van der Waals surface area contributed by atoms with Crippen LogP contribution in [0.3, 0.4) is 0 Å². The van der Waals surface area contributed by atoms with E-state index in [9.17, 15) is 0 Å². The van der Waals surface area contributed by atoms with Crippen LogP contribution in [0.2, 0.25) is 0 Å². The molecule has 0 fully saturated rings. The van der Waals surface area contributed by atoms with Crippen molar-refractivity contribution in [1.82, 2.24) is 5.16 Å². The van der Waals surface area contributed by atoms with Gasteiger partial charge in [-0.05, 0) is 36.6 Å². The first-order valence-electron chi connectivity index (χ1n) is 6.78. The number of benzene rings is 2. The zero-order chi connectivity index (χ0) is 13.9. The SMILES string of the molecule is C=C(Cc1ccccc1C)Cc1noc2ccccc12. The second kappa shape index (κ2) is 5.33. The summed E-state index contributed by atoms with van der Waals surface area (Å²) in [6.07, 6.45) is 1.64. The summed E-state index contributed by atoms with van der Waals surface area (Å²) in [5, 5.41) is 5.25. The fourth-order valence-electron chi connectivity index (χ4n) is 2.44. The molecule has 0 saturated heterocycles. The van der Waals surface area contributed by atoms with Crippen molar-refractivity contribution in [3.8, 4) is 0 Å². The molecule has 0 atom stereocenters. The van der Waals surface area contributed by atoms with Gasteiger partial charge in [0, 0.05) is 11.8 Å². The molecule has 0 unspecified atom stereocenters. The molecule has 0 bridgehead atoms. The summed E-state index contributed by atoms with van der Waals surface area (Å²) in [5.74, 6) is 0. The number of para-hydroxylation sites is 1. The fraction of sp³-hybridized carbons (Fsp3) is 0.167. The van der Waals surface area contributed by atoms with E-state index in [-0.39, 0.29) is 0 Å². The number of hydrogen-bond donors (Lipinski definition) is 0. The van der Waals surface area contributed by atoms with Gasteiger partial charge in [-0.1, -0.05) is 53.7 Å². The van der Waals surface area contributed by atoms with Gasteiger partial charge in [0.1, 0.15) is 0 Å². The van der Waals surface area contributed by atoms with Gasteiger partial charge in [-0.2, -0.15) is 0 Å². The molecule has 0 aliphatic carbocycles. The summed E-state index contributed by atoms with van der Waals surface area (Å²) in [6.45, 7) is 6.32. The number of rotatable bonds is 4. The van der Waals surface area contributed by atoms with Gasteiger partial charge in [-0.25, -0.2) is 0 Å². The van der Waals surface area contributed by atoms with Crippen molar-refractivity contribution in [2.45, 2.75) is 19.8 Å². The molecule has 100 valence electrons. The van der Waals surface area contributed by atoms with E-state index >= 15 is 0 Å². The molecule has 2 aromatic carbocycles. The molecule has 0 radical (unpaired) electrons. The van der Waals surface area contributed by atoms with Gasteiger partial charge in [0.05, 0.1) is 5.69 Å². The average Bonchev–Trinajstić information content (AvgIpc) is 2.85. The van der Waals surface area contributed by atoms with Crippen LogP contribution in [0.25, 0.3) is 11.0 Å². The first-order valence-corrected chi connectivity index (χ1v) is 6.78. The average molecular weight is 263 g/mol. The van der Waals surface area contributed by atoms with E-state index in [4.69, 9.17) is 4.52 Å². The maximum Gasteiger partial charge on any atom is 0.167 e. The first kappa shape index (κ1) is 12.7. The highest BCUT2D eigenvalue weighted by Gasteiger charge is 2.09. The Morgan fingerprint density at radius 2 is 1.80 bits per heavy atom. The summed E-state index contributed by atoms with van der Waals surface area (Å²) in [7, 11) is 0. The van der Waals surface area contributed by atoms with E-state index in [1.54, 1.807) is 0 Å². The Labute approximate surface area is 118 Å². The first-order chi connectivity index (χ1) is 9.74. The molecule has 0 spiro atoms. The normalized spacial score (nSPS) is 10.8. The number of allylic oxidation sites excluding steroid dienone is 1. The van der Waals surface area contributed by atoms with Crippen LogP contribution in [-0.4, -0.2) is 5.16 Å². The van der Waals surface area contributed by atoms with Crippen LogP contribution in [-0.2, 0) is 12.8 Å². The smallest absolute Gasteiger partial charge is 0.167 e. The van der Waals surface area contributed by atoms with Crippen molar-refractivity contribution in [3.63, 3.8) is 0 Å². The Kier molecular flexibility index (Phi) is 3.38. The Balaban J connectivity index is 1.78. The van der Waals surface area contributed by atoms with Crippen LogP contribution in [0, 0.1) is 6.92 Å². The van der Waals surface area contributed by atoms with Crippen LogP contribution in [0.1, 0.15) is 16.8 Å². The van der Waals surface area contributed by atoms with Gasteiger partial charge in [0.2, 0.25) is 0 Å². The number of aryl methyl sites for hydroxylation is 1. The predicted octanol–water partition coefficient (Wildman–Crippen LogP) is 4.48. The molecule has 3 rings (SSSR count). The van der Waals surface area contributed by atoms with Crippen molar-refractivity contribution < 1.29 is 4.52 Å². The summed E-state index contributed by atoms with van der Waals surface area (Å²) < 4.78 is 5.33. The molecule has 1 heterocycles. The largest absolute Gasteiger partial charge is 0.356 e. The molecule has 0 saturated carbocycles. The van der Waals surface area contributed by atoms with Gasteiger partial charge in [0.15, 0.2) is 5.58 Å². The Morgan fingerprint density at radius 3 is 2.65 bits per heavy atom. The van der Waals surface area contributed by atoms with E-state index in [1.807, 2.05) is 24.3 Å². The highest BCUT2D eigenvalue weighted by atomic mass is 16.5. The van der Waals surface area contributed by atoms with Crippen LogP contribution in [0.5, 0.6) is 0 Å². The number of nitrogens with zero attached hydrogens (tertiary/aromatic N) is 1. The summed E-state index contributed by atoms with van der Waals surface area (Å²) in [6, 6.07) is 16.4. The van der Waals surface area contributed by atoms with Gasteiger partial charge in [0.25, 0.3) is 0 Å². The second-order valence-corrected chi connectivity index (χ2v) is 5.16. The lowest BCUT2D eigenvalue weighted by molar-refractivity contribution is 0.447. The molecule has 0 aliphatic heterocycles. The van der Waals surface area contributed by atoms with Crippen molar-refractivity contribution >= 4 is 11.0 Å². The third-order valence-corrected chi connectivity index (χ3v) is 3.57. The zero-order valence-electron chi connectivity index (χ0n) is 11.6.